The molecule has 3 rings (SSSR count). The zero-order valence-electron chi connectivity index (χ0n) is 9.61. The van der Waals surface area contributed by atoms with Crippen molar-refractivity contribution in [1.29, 1.82) is 0 Å². The molecular formula is C12H10ClN5. The van der Waals surface area contributed by atoms with Gasteiger partial charge in [-0.1, -0.05) is 35.9 Å². The summed E-state index contributed by atoms with van der Waals surface area (Å²) in [4.78, 5) is 0. The second-order valence-corrected chi connectivity index (χ2v) is 4.30. The molecule has 0 fully saturated rings. The van der Waals surface area contributed by atoms with Crippen LogP contribution in [0.25, 0.3) is 10.8 Å². The smallest absolute Gasteiger partial charge is 0.162 e. The Morgan fingerprint density at radius 2 is 1.94 bits per heavy atom. The first-order chi connectivity index (χ1) is 8.74. The van der Waals surface area contributed by atoms with Crippen molar-refractivity contribution in [1.82, 2.24) is 20.4 Å². The number of benzene rings is 1. The summed E-state index contributed by atoms with van der Waals surface area (Å²) in [5.41, 5.74) is 0.976. The Morgan fingerprint density at radius 1 is 1.17 bits per heavy atom. The maximum Gasteiger partial charge on any atom is 0.162 e. The highest BCUT2D eigenvalue weighted by Crippen LogP contribution is 2.27. The Bertz CT molecular complexity index is 707. The monoisotopic (exact) mass is 259 g/mol. The van der Waals surface area contributed by atoms with Gasteiger partial charge >= 0.3 is 0 Å². The third-order valence-corrected chi connectivity index (χ3v) is 2.87. The zero-order chi connectivity index (χ0) is 12.5. The topological polar surface area (TPSA) is 66.5 Å². The lowest BCUT2D eigenvalue weighted by Gasteiger charge is -2.06. The highest BCUT2D eigenvalue weighted by Gasteiger charge is 2.08. The Hall–Kier alpha value is -2.14. The molecule has 0 aliphatic heterocycles. The summed E-state index contributed by atoms with van der Waals surface area (Å²) >= 11 is 6.01. The Morgan fingerprint density at radius 3 is 2.67 bits per heavy atom. The molecule has 2 heterocycles. The summed E-state index contributed by atoms with van der Waals surface area (Å²) < 4.78 is 0. The predicted molar refractivity (Wildman–Crippen MR) is 71.2 cm³/mol. The molecule has 0 unspecified atom stereocenters. The van der Waals surface area contributed by atoms with Gasteiger partial charge in [-0.3, -0.25) is 5.10 Å². The van der Waals surface area contributed by atoms with Crippen LogP contribution in [0.4, 0.5) is 11.6 Å². The fourth-order valence-electron chi connectivity index (χ4n) is 1.77. The minimum absolute atomic E-state index is 0.398. The van der Waals surface area contributed by atoms with Gasteiger partial charge in [0, 0.05) is 22.5 Å². The number of hydrogen-bond donors (Lipinski definition) is 2. The third kappa shape index (κ3) is 1.89. The molecule has 3 aromatic rings. The van der Waals surface area contributed by atoms with E-state index in [1.165, 1.54) is 0 Å². The van der Waals surface area contributed by atoms with Gasteiger partial charge in [-0.2, -0.15) is 5.10 Å². The molecular weight excluding hydrogens is 250 g/mol. The summed E-state index contributed by atoms with van der Waals surface area (Å²) in [6.45, 7) is 1.93. The van der Waals surface area contributed by atoms with Crippen LogP contribution in [0.15, 0.2) is 30.3 Å². The maximum atomic E-state index is 6.01. The van der Waals surface area contributed by atoms with E-state index < -0.39 is 0 Å². The maximum absolute atomic E-state index is 6.01. The summed E-state index contributed by atoms with van der Waals surface area (Å²) in [7, 11) is 0. The van der Waals surface area contributed by atoms with Gasteiger partial charge in [0.05, 0.1) is 0 Å². The number of aromatic nitrogens is 4. The van der Waals surface area contributed by atoms with Gasteiger partial charge in [-0.25, -0.2) is 0 Å². The second-order valence-electron chi connectivity index (χ2n) is 3.95. The number of fused-ring (bicyclic) bond motifs is 1. The van der Waals surface area contributed by atoms with Gasteiger partial charge < -0.3 is 5.32 Å². The number of nitrogens with zero attached hydrogens (tertiary/aromatic N) is 3. The third-order valence-electron chi connectivity index (χ3n) is 2.59. The quantitative estimate of drug-likeness (QED) is 0.742. The van der Waals surface area contributed by atoms with Crippen LogP contribution >= 0.6 is 11.6 Å². The molecule has 0 radical (unpaired) electrons. The first-order valence-corrected chi connectivity index (χ1v) is 5.82. The van der Waals surface area contributed by atoms with E-state index >= 15 is 0 Å². The Balaban J connectivity index is 2.09. The highest BCUT2D eigenvalue weighted by atomic mass is 35.5. The summed E-state index contributed by atoms with van der Waals surface area (Å²) in [6, 6.07) is 9.59. The summed E-state index contributed by atoms with van der Waals surface area (Å²) in [5.74, 6) is 1.34. The van der Waals surface area contributed by atoms with Crippen molar-refractivity contribution in [2.24, 2.45) is 0 Å². The number of aryl methyl sites for hydroxylation is 1. The molecule has 0 amide bonds. The van der Waals surface area contributed by atoms with Crippen molar-refractivity contribution in [3.63, 3.8) is 0 Å². The van der Waals surface area contributed by atoms with Crippen molar-refractivity contribution in [2.75, 3.05) is 5.32 Å². The predicted octanol–water partition coefficient (Wildman–Crippen LogP) is 3.06. The van der Waals surface area contributed by atoms with E-state index in [1.807, 2.05) is 37.3 Å². The molecule has 2 N–H and O–H groups in total. The van der Waals surface area contributed by atoms with Crippen LogP contribution in [0.2, 0.25) is 5.15 Å². The molecule has 0 saturated heterocycles. The van der Waals surface area contributed by atoms with E-state index in [0.29, 0.717) is 16.8 Å². The number of rotatable bonds is 2. The number of nitrogens with one attached hydrogen (secondary N) is 2. The summed E-state index contributed by atoms with van der Waals surface area (Å²) in [6.07, 6.45) is 0. The molecule has 18 heavy (non-hydrogen) atoms. The molecule has 0 aliphatic carbocycles. The van der Waals surface area contributed by atoms with Crippen LogP contribution in [0, 0.1) is 6.92 Å². The number of halogens is 1. The molecule has 0 aliphatic rings. The van der Waals surface area contributed by atoms with Crippen molar-refractivity contribution in [3.8, 4) is 0 Å². The lowest BCUT2D eigenvalue weighted by Crippen LogP contribution is -1.97. The Kier molecular flexibility index (Phi) is 2.60. The highest BCUT2D eigenvalue weighted by molar-refractivity contribution is 6.34. The molecule has 90 valence electrons. The van der Waals surface area contributed by atoms with Gasteiger partial charge in [0.15, 0.2) is 16.8 Å². The number of H-pyrrole nitrogens is 1. The van der Waals surface area contributed by atoms with Gasteiger partial charge in [-0.05, 0) is 6.92 Å². The van der Waals surface area contributed by atoms with Crippen molar-refractivity contribution >= 4 is 34.0 Å². The minimum Gasteiger partial charge on any atom is -0.321 e. The molecule has 0 atom stereocenters. The van der Waals surface area contributed by atoms with E-state index in [0.717, 1.165) is 16.5 Å². The van der Waals surface area contributed by atoms with Crippen LogP contribution in [-0.2, 0) is 0 Å². The largest absolute Gasteiger partial charge is 0.321 e. The Labute approximate surface area is 108 Å². The first kappa shape index (κ1) is 11.0. The molecule has 0 bridgehead atoms. The molecule has 5 nitrogen and oxygen atoms in total. The van der Waals surface area contributed by atoms with Crippen molar-refractivity contribution in [2.45, 2.75) is 6.92 Å². The fourth-order valence-corrected chi connectivity index (χ4v) is 1.97. The minimum atomic E-state index is 0.398. The fraction of sp³-hybridized carbons (Fsp3) is 0.0833. The van der Waals surface area contributed by atoms with Crippen LogP contribution in [0.3, 0.4) is 0 Å². The normalized spacial score (nSPS) is 10.8. The van der Waals surface area contributed by atoms with Crippen molar-refractivity contribution in [3.05, 3.63) is 41.2 Å². The lowest BCUT2D eigenvalue weighted by molar-refractivity contribution is 1.03. The van der Waals surface area contributed by atoms with Crippen molar-refractivity contribution < 1.29 is 0 Å². The number of hydrogen-bond acceptors (Lipinski definition) is 4. The molecule has 0 spiro atoms. The number of anilines is 2. The molecule has 6 heteroatoms. The average molecular weight is 260 g/mol. The SMILES string of the molecule is Cc1cc(Nc2nnc(Cl)c3ccccc23)n[nH]1. The van der Waals surface area contributed by atoms with Gasteiger partial charge in [-0.15, -0.1) is 10.2 Å². The average Bonchev–Trinajstić information content (AvgIpc) is 2.79. The van der Waals surface area contributed by atoms with E-state index in [9.17, 15) is 0 Å². The van der Waals surface area contributed by atoms with Crippen LogP contribution in [0.5, 0.6) is 0 Å². The van der Waals surface area contributed by atoms with Crippen LogP contribution in [-0.4, -0.2) is 20.4 Å². The van der Waals surface area contributed by atoms with Crippen LogP contribution in [0.1, 0.15) is 5.69 Å². The van der Waals surface area contributed by atoms with E-state index in [1.54, 1.807) is 0 Å². The van der Waals surface area contributed by atoms with Crippen LogP contribution < -0.4 is 5.32 Å². The lowest BCUT2D eigenvalue weighted by atomic mass is 10.2. The second kappa shape index (κ2) is 4.27. The van der Waals surface area contributed by atoms with E-state index in [2.05, 4.69) is 25.7 Å². The zero-order valence-corrected chi connectivity index (χ0v) is 10.4. The first-order valence-electron chi connectivity index (χ1n) is 5.44. The molecule has 1 aromatic carbocycles. The summed E-state index contributed by atoms with van der Waals surface area (Å²) in [5, 5.41) is 20.3. The van der Waals surface area contributed by atoms with E-state index in [-0.39, 0.29) is 0 Å². The number of aromatic amines is 1. The van der Waals surface area contributed by atoms with Gasteiger partial charge in [0.2, 0.25) is 0 Å². The van der Waals surface area contributed by atoms with Gasteiger partial charge in [0.25, 0.3) is 0 Å². The standard InChI is InChI=1S/C12H10ClN5/c1-7-6-10(16-15-7)14-12-9-5-3-2-4-8(9)11(13)17-18-12/h2-6H,1H3,(H2,14,15,16,18). The van der Waals surface area contributed by atoms with E-state index in [4.69, 9.17) is 11.6 Å². The van der Waals surface area contributed by atoms with Gasteiger partial charge in [0.1, 0.15) is 0 Å². The molecule has 2 aromatic heterocycles. The molecule has 0 saturated carbocycles.